The van der Waals surface area contributed by atoms with Crippen LogP contribution >= 0.6 is 23.2 Å². The number of hydrogen-bond acceptors (Lipinski definition) is 4. The predicted molar refractivity (Wildman–Crippen MR) is 119 cm³/mol. The van der Waals surface area contributed by atoms with Crippen LogP contribution in [-0.2, 0) is 16.0 Å². The maximum Gasteiger partial charge on any atom is 0.319 e. The third-order valence-corrected chi connectivity index (χ3v) is 5.23. The number of hydrogen-bond donors (Lipinski definition) is 1. The number of ketones is 1. The summed E-state index contributed by atoms with van der Waals surface area (Å²) >= 11 is 12.2. The molecule has 1 atom stereocenters. The number of benzene rings is 3. The average molecular weight is 442 g/mol. The summed E-state index contributed by atoms with van der Waals surface area (Å²) in [5.41, 5.74) is 3.19. The van der Waals surface area contributed by atoms with E-state index in [1.807, 2.05) is 36.4 Å². The highest BCUT2D eigenvalue weighted by molar-refractivity contribution is 6.31. The van der Waals surface area contributed by atoms with Gasteiger partial charge < -0.3 is 4.74 Å². The van der Waals surface area contributed by atoms with Crippen LogP contribution in [0.25, 0.3) is 0 Å². The van der Waals surface area contributed by atoms with Crippen molar-refractivity contribution in [1.29, 1.82) is 0 Å². The molecule has 0 saturated carbocycles. The second-order valence-corrected chi connectivity index (χ2v) is 7.62. The molecule has 0 spiro atoms. The fourth-order valence-corrected chi connectivity index (χ4v) is 3.55. The van der Waals surface area contributed by atoms with Crippen molar-refractivity contribution < 1.29 is 14.3 Å². The van der Waals surface area contributed by atoms with Gasteiger partial charge in [0, 0.05) is 22.0 Å². The Morgan fingerprint density at radius 1 is 0.933 bits per heavy atom. The minimum Gasteiger partial charge on any atom is -0.468 e. The summed E-state index contributed by atoms with van der Waals surface area (Å²) in [6.07, 6.45) is 0.167. The van der Waals surface area contributed by atoms with E-state index in [2.05, 4.69) is 5.32 Å². The van der Waals surface area contributed by atoms with Gasteiger partial charge in [-0.15, -0.1) is 0 Å². The van der Waals surface area contributed by atoms with Crippen LogP contribution in [0.4, 0.5) is 0 Å². The summed E-state index contributed by atoms with van der Waals surface area (Å²) in [5.74, 6) is -0.418. The largest absolute Gasteiger partial charge is 0.468 e. The summed E-state index contributed by atoms with van der Waals surface area (Å²) in [6, 6.07) is 21.7. The van der Waals surface area contributed by atoms with Crippen LogP contribution in [0.2, 0.25) is 10.0 Å². The van der Waals surface area contributed by atoms with E-state index in [9.17, 15) is 9.59 Å². The number of halogens is 2. The minimum absolute atomic E-state index is 0.0310. The second kappa shape index (κ2) is 10.4. The van der Waals surface area contributed by atoms with Gasteiger partial charge in [0.2, 0.25) is 0 Å². The molecule has 30 heavy (non-hydrogen) atoms. The smallest absolute Gasteiger partial charge is 0.319 e. The first kappa shape index (κ1) is 22.0. The van der Waals surface area contributed by atoms with Gasteiger partial charge in [-0.25, -0.2) is 0 Å². The molecule has 0 unspecified atom stereocenters. The van der Waals surface area contributed by atoms with Gasteiger partial charge in [-0.05, 0) is 53.1 Å². The molecule has 0 heterocycles. The lowest BCUT2D eigenvalue weighted by atomic mass is 9.91. The number of methoxy groups -OCH3 is 1. The van der Waals surface area contributed by atoms with E-state index >= 15 is 0 Å². The fraction of sp³-hybridized carbons (Fsp3) is 0.167. The van der Waals surface area contributed by atoms with E-state index < -0.39 is 0 Å². The van der Waals surface area contributed by atoms with Crippen LogP contribution in [0.15, 0.2) is 72.8 Å². The Morgan fingerprint density at radius 2 is 1.60 bits per heavy atom. The van der Waals surface area contributed by atoms with Crippen LogP contribution in [-0.4, -0.2) is 25.4 Å². The van der Waals surface area contributed by atoms with E-state index in [0.717, 1.165) is 16.7 Å². The first-order valence-electron chi connectivity index (χ1n) is 9.40. The Bertz CT molecular complexity index is 1020. The highest BCUT2D eigenvalue weighted by atomic mass is 35.5. The molecular formula is C24H21Cl2NO3. The molecule has 4 nitrogen and oxygen atoms in total. The highest BCUT2D eigenvalue weighted by Crippen LogP contribution is 2.28. The first-order valence-corrected chi connectivity index (χ1v) is 10.2. The molecule has 0 aromatic heterocycles. The topological polar surface area (TPSA) is 55.4 Å². The Hall–Kier alpha value is -2.66. The number of carbonyl (C=O) groups excluding carboxylic acids is 2. The molecule has 3 aromatic carbocycles. The molecule has 154 valence electrons. The van der Waals surface area contributed by atoms with Crippen LogP contribution in [0.3, 0.4) is 0 Å². The number of carbonyl (C=O) groups is 2. The first-order chi connectivity index (χ1) is 14.5. The van der Waals surface area contributed by atoms with Crippen molar-refractivity contribution in [3.05, 3.63) is 105 Å². The Morgan fingerprint density at radius 3 is 2.27 bits per heavy atom. The zero-order chi connectivity index (χ0) is 21.5. The molecule has 0 radical (unpaired) electrons. The third-order valence-electron chi connectivity index (χ3n) is 4.74. The van der Waals surface area contributed by atoms with Crippen molar-refractivity contribution in [2.24, 2.45) is 0 Å². The molecule has 0 aliphatic carbocycles. The van der Waals surface area contributed by atoms with Gasteiger partial charge in [0.1, 0.15) is 0 Å². The van der Waals surface area contributed by atoms with E-state index in [0.29, 0.717) is 15.6 Å². The van der Waals surface area contributed by atoms with Crippen molar-refractivity contribution in [3.63, 3.8) is 0 Å². The Labute approximate surface area is 185 Å². The highest BCUT2D eigenvalue weighted by Gasteiger charge is 2.20. The lowest BCUT2D eigenvalue weighted by Crippen LogP contribution is -2.30. The van der Waals surface area contributed by atoms with Gasteiger partial charge in [-0.1, -0.05) is 59.6 Å². The maximum absolute atomic E-state index is 12.9. The van der Waals surface area contributed by atoms with Crippen molar-refractivity contribution >= 4 is 35.0 Å². The van der Waals surface area contributed by atoms with Crippen molar-refractivity contribution in [2.45, 2.75) is 12.5 Å². The number of Topliss-reactive ketones (excluding diaryl/α,β-unsaturated/α-hetero) is 1. The van der Waals surface area contributed by atoms with E-state index in [-0.39, 0.29) is 30.8 Å². The van der Waals surface area contributed by atoms with Gasteiger partial charge in [0.05, 0.1) is 19.7 Å². The van der Waals surface area contributed by atoms with Gasteiger partial charge in [-0.2, -0.15) is 0 Å². The molecule has 0 fully saturated rings. The molecule has 0 aliphatic heterocycles. The van der Waals surface area contributed by atoms with Crippen molar-refractivity contribution in [1.82, 2.24) is 5.32 Å². The second-order valence-electron chi connectivity index (χ2n) is 6.75. The minimum atomic E-state index is -0.372. The number of nitrogens with one attached hydrogen (secondary N) is 1. The maximum atomic E-state index is 12.9. The van der Waals surface area contributed by atoms with Gasteiger partial charge in [0.15, 0.2) is 5.78 Å². The van der Waals surface area contributed by atoms with E-state index in [4.69, 9.17) is 27.9 Å². The summed E-state index contributed by atoms with van der Waals surface area (Å²) in [5, 5.41) is 4.35. The molecule has 0 amide bonds. The number of rotatable bonds is 8. The monoisotopic (exact) mass is 441 g/mol. The SMILES string of the molecule is COC(=O)CN[C@H](c1ccccc1)c1ccc(Cl)cc1CC(=O)c1ccc(Cl)cc1. The molecular weight excluding hydrogens is 421 g/mol. The Balaban J connectivity index is 1.96. The van der Waals surface area contributed by atoms with Crippen molar-refractivity contribution in [3.8, 4) is 0 Å². The Kier molecular flexibility index (Phi) is 7.63. The number of esters is 1. The van der Waals surface area contributed by atoms with Gasteiger partial charge in [0.25, 0.3) is 0 Å². The normalized spacial score (nSPS) is 11.7. The van der Waals surface area contributed by atoms with E-state index in [1.54, 1.807) is 36.4 Å². The summed E-state index contributed by atoms with van der Waals surface area (Å²) in [4.78, 5) is 24.6. The molecule has 6 heteroatoms. The third kappa shape index (κ3) is 5.70. The molecule has 1 N–H and O–H groups in total. The fourth-order valence-electron chi connectivity index (χ4n) is 3.23. The van der Waals surface area contributed by atoms with Gasteiger partial charge >= 0.3 is 5.97 Å². The standard InChI is InChI=1S/C24H21Cl2NO3/c1-30-23(29)15-27-24(17-5-3-2-4-6-17)21-12-11-20(26)13-18(21)14-22(28)16-7-9-19(25)10-8-16/h2-13,24,27H,14-15H2,1H3/t24-/m1/s1. The number of ether oxygens (including phenoxy) is 1. The van der Waals surface area contributed by atoms with Crippen LogP contribution < -0.4 is 5.32 Å². The lowest BCUT2D eigenvalue weighted by molar-refractivity contribution is -0.139. The molecule has 0 saturated heterocycles. The lowest BCUT2D eigenvalue weighted by Gasteiger charge is -2.22. The van der Waals surface area contributed by atoms with E-state index in [1.165, 1.54) is 7.11 Å². The summed E-state index contributed by atoms with van der Waals surface area (Å²) in [6.45, 7) is 0.0310. The average Bonchev–Trinajstić information content (AvgIpc) is 2.76. The van der Waals surface area contributed by atoms with Crippen LogP contribution in [0.1, 0.15) is 33.1 Å². The zero-order valence-corrected chi connectivity index (χ0v) is 17.9. The van der Waals surface area contributed by atoms with Crippen LogP contribution in [0, 0.1) is 0 Å². The molecule has 3 rings (SSSR count). The summed E-state index contributed by atoms with van der Waals surface area (Å²) < 4.78 is 4.77. The van der Waals surface area contributed by atoms with Gasteiger partial charge in [-0.3, -0.25) is 14.9 Å². The molecule has 0 aliphatic rings. The van der Waals surface area contributed by atoms with Crippen LogP contribution in [0.5, 0.6) is 0 Å². The molecule has 0 bridgehead atoms. The predicted octanol–water partition coefficient (Wildman–Crippen LogP) is 5.27. The molecule has 3 aromatic rings. The zero-order valence-electron chi connectivity index (χ0n) is 16.4. The summed E-state index contributed by atoms with van der Waals surface area (Å²) in [7, 11) is 1.35. The van der Waals surface area contributed by atoms with Crippen molar-refractivity contribution in [2.75, 3.05) is 13.7 Å². The quantitative estimate of drug-likeness (QED) is 0.382.